The zero-order chi connectivity index (χ0) is 10.1. The van der Waals surface area contributed by atoms with Crippen molar-refractivity contribution in [1.29, 1.82) is 0 Å². The molecule has 1 aromatic carbocycles. The summed E-state index contributed by atoms with van der Waals surface area (Å²) in [5.41, 5.74) is 7.25. The lowest BCUT2D eigenvalue weighted by molar-refractivity contribution is 0.198. The molecule has 0 aromatic heterocycles. The molecule has 1 aliphatic carbocycles. The van der Waals surface area contributed by atoms with E-state index < -0.39 is 0 Å². The first kappa shape index (κ1) is 10.0. The summed E-state index contributed by atoms with van der Waals surface area (Å²) in [6.45, 7) is 2.20. The molecule has 0 bridgehead atoms. The van der Waals surface area contributed by atoms with Gasteiger partial charge in [-0.3, -0.25) is 0 Å². The van der Waals surface area contributed by atoms with Crippen LogP contribution in [-0.4, -0.2) is 6.04 Å². The zero-order valence-electron chi connectivity index (χ0n) is 8.41. The summed E-state index contributed by atoms with van der Waals surface area (Å²) in [4.78, 5) is 0. The standard InChI is InChI=1S/C12H16ClN/c1-2-8-10(7-12(8)14)9-5-3-4-6-11(9)13/h3-6,8,10,12H,2,7,14H2,1H3. The smallest absolute Gasteiger partial charge is 0.0440 e. The summed E-state index contributed by atoms with van der Waals surface area (Å²) < 4.78 is 0. The van der Waals surface area contributed by atoms with Crippen LogP contribution in [0.1, 0.15) is 31.2 Å². The van der Waals surface area contributed by atoms with Crippen molar-refractivity contribution in [2.45, 2.75) is 31.7 Å². The molecule has 3 unspecified atom stereocenters. The van der Waals surface area contributed by atoms with Gasteiger partial charge in [-0.2, -0.15) is 0 Å². The fourth-order valence-electron chi connectivity index (χ4n) is 2.47. The molecule has 14 heavy (non-hydrogen) atoms. The molecule has 0 heterocycles. The second-order valence-corrected chi connectivity index (χ2v) is 4.51. The molecule has 0 amide bonds. The molecule has 1 saturated carbocycles. The summed E-state index contributed by atoms with van der Waals surface area (Å²) in [5.74, 6) is 1.21. The Morgan fingerprint density at radius 3 is 2.71 bits per heavy atom. The molecule has 1 aromatic rings. The molecule has 2 heteroatoms. The average molecular weight is 210 g/mol. The van der Waals surface area contributed by atoms with Crippen LogP contribution in [0.5, 0.6) is 0 Å². The van der Waals surface area contributed by atoms with E-state index in [1.807, 2.05) is 12.1 Å². The normalized spacial score (nSPS) is 31.2. The van der Waals surface area contributed by atoms with Gasteiger partial charge in [0.05, 0.1) is 0 Å². The van der Waals surface area contributed by atoms with Gasteiger partial charge >= 0.3 is 0 Å². The van der Waals surface area contributed by atoms with E-state index >= 15 is 0 Å². The Hall–Kier alpha value is -0.530. The summed E-state index contributed by atoms with van der Waals surface area (Å²) in [5, 5.41) is 0.892. The van der Waals surface area contributed by atoms with Crippen LogP contribution in [0.25, 0.3) is 0 Å². The minimum atomic E-state index is 0.376. The van der Waals surface area contributed by atoms with E-state index in [1.54, 1.807) is 0 Å². The molecule has 2 rings (SSSR count). The first-order valence-corrected chi connectivity index (χ1v) is 5.61. The Morgan fingerprint density at radius 1 is 1.43 bits per heavy atom. The van der Waals surface area contributed by atoms with Crippen LogP contribution in [0, 0.1) is 5.92 Å². The number of benzene rings is 1. The molecule has 3 atom stereocenters. The fraction of sp³-hybridized carbons (Fsp3) is 0.500. The van der Waals surface area contributed by atoms with Crippen molar-refractivity contribution in [3.63, 3.8) is 0 Å². The topological polar surface area (TPSA) is 26.0 Å². The van der Waals surface area contributed by atoms with Crippen LogP contribution in [0.15, 0.2) is 24.3 Å². The van der Waals surface area contributed by atoms with Gasteiger partial charge in [0.15, 0.2) is 0 Å². The highest BCUT2D eigenvalue weighted by Gasteiger charge is 2.38. The molecule has 0 saturated heterocycles. The van der Waals surface area contributed by atoms with Gasteiger partial charge in [0.1, 0.15) is 0 Å². The number of hydrogen-bond acceptors (Lipinski definition) is 1. The SMILES string of the molecule is CCC1C(N)CC1c1ccccc1Cl. The molecule has 76 valence electrons. The zero-order valence-corrected chi connectivity index (χ0v) is 9.17. The van der Waals surface area contributed by atoms with Crippen LogP contribution in [0.2, 0.25) is 5.02 Å². The van der Waals surface area contributed by atoms with Crippen molar-refractivity contribution in [1.82, 2.24) is 0 Å². The number of nitrogens with two attached hydrogens (primary N) is 1. The van der Waals surface area contributed by atoms with Crippen molar-refractivity contribution < 1.29 is 0 Å². The lowest BCUT2D eigenvalue weighted by Gasteiger charge is -2.43. The second-order valence-electron chi connectivity index (χ2n) is 4.10. The van der Waals surface area contributed by atoms with Crippen LogP contribution in [0.3, 0.4) is 0 Å². The molecular weight excluding hydrogens is 194 g/mol. The van der Waals surface area contributed by atoms with Gasteiger partial charge in [-0.1, -0.05) is 43.1 Å². The monoisotopic (exact) mass is 209 g/mol. The van der Waals surface area contributed by atoms with Crippen LogP contribution in [-0.2, 0) is 0 Å². The number of hydrogen-bond donors (Lipinski definition) is 1. The largest absolute Gasteiger partial charge is 0.327 e. The average Bonchev–Trinajstić information content (AvgIpc) is 2.16. The van der Waals surface area contributed by atoms with E-state index in [4.69, 9.17) is 17.3 Å². The van der Waals surface area contributed by atoms with E-state index in [9.17, 15) is 0 Å². The summed E-state index contributed by atoms with van der Waals surface area (Å²) in [6.07, 6.45) is 2.24. The fourth-order valence-corrected chi connectivity index (χ4v) is 2.74. The molecule has 0 aliphatic heterocycles. The van der Waals surface area contributed by atoms with Gasteiger partial charge < -0.3 is 5.73 Å². The third-order valence-electron chi connectivity index (χ3n) is 3.37. The highest BCUT2D eigenvalue weighted by Crippen LogP contribution is 2.45. The molecule has 2 N–H and O–H groups in total. The van der Waals surface area contributed by atoms with E-state index in [0.717, 1.165) is 17.9 Å². The number of rotatable bonds is 2. The van der Waals surface area contributed by atoms with Crippen molar-refractivity contribution in [2.75, 3.05) is 0 Å². The van der Waals surface area contributed by atoms with Crippen LogP contribution >= 0.6 is 11.6 Å². The Kier molecular flexibility index (Phi) is 2.80. The maximum absolute atomic E-state index is 6.16. The molecular formula is C12H16ClN. The third-order valence-corrected chi connectivity index (χ3v) is 3.71. The maximum atomic E-state index is 6.16. The van der Waals surface area contributed by atoms with Gasteiger partial charge in [0.2, 0.25) is 0 Å². The third kappa shape index (κ3) is 1.55. The first-order valence-electron chi connectivity index (χ1n) is 5.24. The molecule has 1 fully saturated rings. The van der Waals surface area contributed by atoms with E-state index in [1.165, 1.54) is 5.56 Å². The molecule has 0 radical (unpaired) electrons. The lowest BCUT2D eigenvalue weighted by Crippen LogP contribution is -2.45. The van der Waals surface area contributed by atoms with E-state index in [0.29, 0.717) is 17.9 Å². The summed E-state index contributed by atoms with van der Waals surface area (Å²) >= 11 is 6.16. The molecule has 1 aliphatic rings. The van der Waals surface area contributed by atoms with Crippen molar-refractivity contribution >= 4 is 11.6 Å². The summed E-state index contributed by atoms with van der Waals surface area (Å²) in [7, 11) is 0. The van der Waals surface area contributed by atoms with E-state index in [-0.39, 0.29) is 0 Å². The lowest BCUT2D eigenvalue weighted by atomic mass is 9.65. The minimum absolute atomic E-state index is 0.376. The Bertz CT molecular complexity index is 324. The Labute approximate surface area is 90.3 Å². The van der Waals surface area contributed by atoms with Crippen molar-refractivity contribution in [2.24, 2.45) is 11.7 Å². The van der Waals surface area contributed by atoms with Crippen molar-refractivity contribution in [3.8, 4) is 0 Å². The maximum Gasteiger partial charge on any atom is 0.0440 e. The highest BCUT2D eigenvalue weighted by molar-refractivity contribution is 6.31. The van der Waals surface area contributed by atoms with Gasteiger partial charge in [-0.25, -0.2) is 0 Å². The molecule has 1 nitrogen and oxygen atoms in total. The minimum Gasteiger partial charge on any atom is -0.327 e. The first-order chi connectivity index (χ1) is 6.74. The van der Waals surface area contributed by atoms with Gasteiger partial charge in [-0.15, -0.1) is 0 Å². The predicted molar refractivity (Wildman–Crippen MR) is 60.6 cm³/mol. The molecule has 0 spiro atoms. The van der Waals surface area contributed by atoms with Gasteiger partial charge in [-0.05, 0) is 29.9 Å². The predicted octanol–water partition coefficient (Wildman–Crippen LogP) is 3.18. The quantitative estimate of drug-likeness (QED) is 0.796. The Morgan fingerprint density at radius 2 is 2.14 bits per heavy atom. The van der Waals surface area contributed by atoms with Crippen LogP contribution < -0.4 is 5.73 Å². The second kappa shape index (κ2) is 3.92. The van der Waals surface area contributed by atoms with Gasteiger partial charge in [0.25, 0.3) is 0 Å². The number of halogens is 1. The Balaban J connectivity index is 2.21. The van der Waals surface area contributed by atoms with Crippen LogP contribution in [0.4, 0.5) is 0 Å². The summed E-state index contributed by atoms with van der Waals surface area (Å²) in [6, 6.07) is 8.50. The van der Waals surface area contributed by atoms with E-state index in [2.05, 4.69) is 19.1 Å². The van der Waals surface area contributed by atoms with Gasteiger partial charge in [0, 0.05) is 11.1 Å². The highest BCUT2D eigenvalue weighted by atomic mass is 35.5. The van der Waals surface area contributed by atoms with Crippen molar-refractivity contribution in [3.05, 3.63) is 34.9 Å².